The third kappa shape index (κ3) is 3.34. The number of hydrogen-bond acceptors (Lipinski definition) is 3. The Kier molecular flexibility index (Phi) is 5.00. The Labute approximate surface area is 98.6 Å². The highest BCUT2D eigenvalue weighted by atomic mass is 16.4. The third-order valence-electron chi connectivity index (χ3n) is 3.06. The molecule has 0 aromatic carbocycles. The van der Waals surface area contributed by atoms with Crippen molar-refractivity contribution in [3.05, 3.63) is 17.8 Å². The summed E-state index contributed by atoms with van der Waals surface area (Å²) in [6.07, 6.45) is 2.99. The Morgan fingerprint density at radius 2 is 2.00 bits per heavy atom. The summed E-state index contributed by atoms with van der Waals surface area (Å²) in [7, 11) is 0. The van der Waals surface area contributed by atoms with E-state index in [0.717, 1.165) is 24.6 Å². The van der Waals surface area contributed by atoms with Crippen LogP contribution in [-0.2, 0) is 0 Å². The van der Waals surface area contributed by atoms with Gasteiger partial charge in [-0.25, -0.2) is 4.98 Å². The Hall–Kier alpha value is -0.830. The van der Waals surface area contributed by atoms with Crippen LogP contribution in [-0.4, -0.2) is 11.5 Å². The van der Waals surface area contributed by atoms with Crippen molar-refractivity contribution in [2.75, 3.05) is 6.54 Å². The van der Waals surface area contributed by atoms with Crippen molar-refractivity contribution in [2.45, 2.75) is 53.0 Å². The Morgan fingerprint density at radius 3 is 2.56 bits per heavy atom. The molecule has 1 N–H and O–H groups in total. The van der Waals surface area contributed by atoms with Crippen LogP contribution in [0.2, 0.25) is 0 Å². The van der Waals surface area contributed by atoms with Crippen molar-refractivity contribution < 1.29 is 4.42 Å². The zero-order valence-corrected chi connectivity index (χ0v) is 11.1. The molecule has 0 aliphatic carbocycles. The molecule has 2 unspecified atom stereocenters. The largest absolute Gasteiger partial charge is 0.444 e. The highest BCUT2D eigenvalue weighted by Crippen LogP contribution is 2.25. The number of aromatic nitrogens is 1. The summed E-state index contributed by atoms with van der Waals surface area (Å²) in [5.41, 5.74) is 0. The van der Waals surface area contributed by atoms with Crippen LogP contribution in [0, 0.1) is 5.92 Å². The molecule has 3 heteroatoms. The first-order chi connectivity index (χ1) is 7.56. The SMILES string of the molecule is CCCNC(C)c1ncc(C(C)C(C)C)o1. The minimum Gasteiger partial charge on any atom is -0.444 e. The Morgan fingerprint density at radius 1 is 1.31 bits per heavy atom. The van der Waals surface area contributed by atoms with Crippen LogP contribution in [0.4, 0.5) is 0 Å². The smallest absolute Gasteiger partial charge is 0.211 e. The molecule has 1 rings (SSSR count). The van der Waals surface area contributed by atoms with Crippen molar-refractivity contribution in [3.8, 4) is 0 Å². The summed E-state index contributed by atoms with van der Waals surface area (Å²) in [4.78, 5) is 4.34. The molecule has 1 heterocycles. The maximum atomic E-state index is 5.79. The fourth-order valence-corrected chi connectivity index (χ4v) is 1.49. The van der Waals surface area contributed by atoms with Gasteiger partial charge in [-0.3, -0.25) is 0 Å². The van der Waals surface area contributed by atoms with E-state index in [4.69, 9.17) is 4.42 Å². The molecule has 3 nitrogen and oxygen atoms in total. The predicted molar refractivity (Wildman–Crippen MR) is 66.5 cm³/mol. The number of hydrogen-bond donors (Lipinski definition) is 1. The summed E-state index contributed by atoms with van der Waals surface area (Å²) >= 11 is 0. The van der Waals surface area contributed by atoms with Gasteiger partial charge in [0.05, 0.1) is 12.2 Å². The molecule has 2 atom stereocenters. The van der Waals surface area contributed by atoms with Crippen LogP contribution in [0.15, 0.2) is 10.6 Å². The minimum absolute atomic E-state index is 0.202. The third-order valence-corrected chi connectivity index (χ3v) is 3.06. The van der Waals surface area contributed by atoms with E-state index in [2.05, 4.69) is 44.9 Å². The van der Waals surface area contributed by atoms with Gasteiger partial charge in [0.1, 0.15) is 5.76 Å². The van der Waals surface area contributed by atoms with Crippen molar-refractivity contribution in [1.82, 2.24) is 10.3 Å². The molecular weight excluding hydrogens is 200 g/mol. The van der Waals surface area contributed by atoms with E-state index in [9.17, 15) is 0 Å². The van der Waals surface area contributed by atoms with E-state index in [1.54, 1.807) is 0 Å². The minimum atomic E-state index is 0.202. The summed E-state index contributed by atoms with van der Waals surface area (Å²) in [5.74, 6) is 2.81. The molecule has 92 valence electrons. The summed E-state index contributed by atoms with van der Waals surface area (Å²) in [6.45, 7) is 11.8. The lowest BCUT2D eigenvalue weighted by molar-refractivity contribution is 0.359. The molecule has 16 heavy (non-hydrogen) atoms. The average Bonchev–Trinajstić information content (AvgIpc) is 2.73. The molecule has 0 aliphatic rings. The molecule has 0 aliphatic heterocycles. The molecule has 0 saturated heterocycles. The van der Waals surface area contributed by atoms with E-state index in [-0.39, 0.29) is 6.04 Å². The zero-order valence-electron chi connectivity index (χ0n) is 11.1. The van der Waals surface area contributed by atoms with Crippen molar-refractivity contribution >= 4 is 0 Å². The topological polar surface area (TPSA) is 38.1 Å². The van der Waals surface area contributed by atoms with Crippen molar-refractivity contribution in [1.29, 1.82) is 0 Å². The molecule has 0 bridgehead atoms. The van der Waals surface area contributed by atoms with Gasteiger partial charge in [0.15, 0.2) is 0 Å². The van der Waals surface area contributed by atoms with Crippen LogP contribution in [0.5, 0.6) is 0 Å². The average molecular weight is 224 g/mol. The standard InChI is InChI=1S/C13H24N2O/c1-6-7-14-11(5)13-15-8-12(16-13)10(4)9(2)3/h8-11,14H,6-7H2,1-5H3. The van der Waals surface area contributed by atoms with Gasteiger partial charge in [0.25, 0.3) is 0 Å². The fraction of sp³-hybridized carbons (Fsp3) is 0.769. The Bertz CT molecular complexity index is 307. The summed E-state index contributed by atoms with van der Waals surface area (Å²) in [6, 6.07) is 0.202. The van der Waals surface area contributed by atoms with Crippen LogP contribution in [0.3, 0.4) is 0 Å². The second kappa shape index (κ2) is 6.04. The second-order valence-corrected chi connectivity index (χ2v) is 4.81. The number of nitrogens with zero attached hydrogens (tertiary/aromatic N) is 1. The van der Waals surface area contributed by atoms with E-state index >= 15 is 0 Å². The van der Waals surface area contributed by atoms with Crippen molar-refractivity contribution in [2.24, 2.45) is 5.92 Å². The van der Waals surface area contributed by atoms with Gasteiger partial charge in [-0.2, -0.15) is 0 Å². The van der Waals surface area contributed by atoms with Gasteiger partial charge in [-0.15, -0.1) is 0 Å². The molecule has 1 aromatic rings. The van der Waals surface area contributed by atoms with Gasteiger partial charge in [-0.05, 0) is 25.8 Å². The van der Waals surface area contributed by atoms with E-state index in [0.29, 0.717) is 11.8 Å². The van der Waals surface area contributed by atoms with Crippen LogP contribution in [0.25, 0.3) is 0 Å². The lowest BCUT2D eigenvalue weighted by Gasteiger charge is -2.12. The quantitative estimate of drug-likeness (QED) is 0.803. The molecule has 1 aromatic heterocycles. The van der Waals surface area contributed by atoms with Gasteiger partial charge in [0, 0.05) is 5.92 Å². The normalized spacial score (nSPS) is 15.4. The second-order valence-electron chi connectivity index (χ2n) is 4.81. The molecule has 0 radical (unpaired) electrons. The van der Waals surface area contributed by atoms with Crippen LogP contribution < -0.4 is 5.32 Å². The highest BCUT2D eigenvalue weighted by molar-refractivity contribution is 5.03. The molecule has 0 amide bonds. The first-order valence-corrected chi connectivity index (χ1v) is 6.25. The number of oxazole rings is 1. The summed E-state index contributed by atoms with van der Waals surface area (Å²) < 4.78 is 5.79. The molecule has 0 fully saturated rings. The maximum absolute atomic E-state index is 5.79. The molecule has 0 spiro atoms. The van der Waals surface area contributed by atoms with E-state index < -0.39 is 0 Å². The molecule has 0 saturated carbocycles. The maximum Gasteiger partial charge on any atom is 0.211 e. The fourth-order valence-electron chi connectivity index (χ4n) is 1.49. The lowest BCUT2D eigenvalue weighted by Crippen LogP contribution is -2.19. The van der Waals surface area contributed by atoms with Crippen LogP contribution >= 0.6 is 0 Å². The number of nitrogens with one attached hydrogen (secondary N) is 1. The Balaban J connectivity index is 2.63. The molecular formula is C13H24N2O. The number of rotatable bonds is 6. The highest BCUT2D eigenvalue weighted by Gasteiger charge is 2.17. The first kappa shape index (κ1) is 13.2. The van der Waals surface area contributed by atoms with Gasteiger partial charge < -0.3 is 9.73 Å². The first-order valence-electron chi connectivity index (χ1n) is 6.25. The summed E-state index contributed by atoms with van der Waals surface area (Å²) in [5, 5.41) is 3.37. The van der Waals surface area contributed by atoms with Crippen molar-refractivity contribution in [3.63, 3.8) is 0 Å². The zero-order chi connectivity index (χ0) is 12.1. The van der Waals surface area contributed by atoms with Gasteiger partial charge in [-0.1, -0.05) is 27.7 Å². The van der Waals surface area contributed by atoms with Gasteiger partial charge >= 0.3 is 0 Å². The lowest BCUT2D eigenvalue weighted by atomic mass is 9.96. The monoisotopic (exact) mass is 224 g/mol. The predicted octanol–water partition coefficient (Wildman–Crippen LogP) is 3.49. The van der Waals surface area contributed by atoms with Gasteiger partial charge in [0.2, 0.25) is 5.89 Å². The van der Waals surface area contributed by atoms with Crippen LogP contribution in [0.1, 0.15) is 64.7 Å². The van der Waals surface area contributed by atoms with E-state index in [1.807, 2.05) is 6.20 Å². The van der Waals surface area contributed by atoms with E-state index in [1.165, 1.54) is 0 Å².